The molecule has 2 aromatic rings. The van der Waals surface area contributed by atoms with Gasteiger partial charge in [-0.2, -0.15) is 0 Å². The van der Waals surface area contributed by atoms with Crippen LogP contribution in [-0.2, 0) is 6.54 Å². The molecule has 1 aliphatic carbocycles. The summed E-state index contributed by atoms with van der Waals surface area (Å²) in [5.74, 6) is -0.511. The Morgan fingerprint density at radius 2 is 1.70 bits per heavy atom. The van der Waals surface area contributed by atoms with E-state index in [1.165, 1.54) is 12.4 Å². The predicted octanol–water partition coefficient (Wildman–Crippen LogP) is 1.89. The molecular weight excluding hydrogens is 254 g/mol. The molecular formula is C15H11N3O2. The Morgan fingerprint density at radius 1 is 1.00 bits per heavy atom. The molecule has 0 N–H and O–H groups in total. The van der Waals surface area contributed by atoms with Gasteiger partial charge < -0.3 is 0 Å². The lowest BCUT2D eigenvalue weighted by Crippen LogP contribution is -2.29. The van der Waals surface area contributed by atoms with Crippen molar-refractivity contribution < 1.29 is 9.59 Å². The first-order chi connectivity index (χ1) is 9.75. The minimum atomic E-state index is -0.302. The quantitative estimate of drug-likeness (QED) is 0.831. The summed E-state index contributed by atoms with van der Waals surface area (Å²) in [6, 6.07) is 9.58. The van der Waals surface area contributed by atoms with E-state index in [2.05, 4.69) is 15.0 Å². The normalized spacial score (nSPS) is 16.3. The van der Waals surface area contributed by atoms with Crippen LogP contribution in [0.3, 0.4) is 0 Å². The summed E-state index contributed by atoms with van der Waals surface area (Å²) in [7, 11) is 0. The third-order valence-corrected chi connectivity index (χ3v) is 3.06. The fourth-order valence-electron chi connectivity index (χ4n) is 2.06. The van der Waals surface area contributed by atoms with Crippen LogP contribution in [0.25, 0.3) is 0 Å². The summed E-state index contributed by atoms with van der Waals surface area (Å²) >= 11 is 0. The van der Waals surface area contributed by atoms with Crippen LogP contribution in [0.4, 0.5) is 0 Å². The van der Waals surface area contributed by atoms with Crippen LogP contribution in [0.2, 0.25) is 0 Å². The van der Waals surface area contributed by atoms with Gasteiger partial charge >= 0.3 is 0 Å². The minimum absolute atomic E-state index is 0.00262. The Bertz CT molecular complexity index is 708. The first-order valence-electron chi connectivity index (χ1n) is 6.22. The molecule has 1 aromatic carbocycles. The zero-order chi connectivity index (χ0) is 13.9. The average Bonchev–Trinajstić information content (AvgIpc) is 2.50. The van der Waals surface area contributed by atoms with Gasteiger partial charge in [-0.25, -0.2) is 9.97 Å². The van der Waals surface area contributed by atoms with Crippen molar-refractivity contribution in [2.75, 3.05) is 0 Å². The first-order valence-corrected chi connectivity index (χ1v) is 6.22. The number of benzene rings is 1. The standard InChI is InChI=1S/C15H11N3O2/c19-12-8-11(18-9-10-4-2-1-3-5-10)15(20)14-13(12)16-6-7-17-14/h1-7H,8-9H2. The van der Waals surface area contributed by atoms with Crippen molar-refractivity contribution in [3.8, 4) is 0 Å². The van der Waals surface area contributed by atoms with Crippen LogP contribution in [-0.4, -0.2) is 27.2 Å². The monoisotopic (exact) mass is 265 g/mol. The number of hydrogen-bond acceptors (Lipinski definition) is 5. The van der Waals surface area contributed by atoms with Crippen LogP contribution in [0.1, 0.15) is 33.0 Å². The molecule has 0 saturated heterocycles. The number of nitrogens with zero attached hydrogens (tertiary/aromatic N) is 3. The van der Waals surface area contributed by atoms with Crippen molar-refractivity contribution in [1.29, 1.82) is 0 Å². The van der Waals surface area contributed by atoms with Crippen molar-refractivity contribution in [2.24, 2.45) is 4.99 Å². The second-order valence-corrected chi connectivity index (χ2v) is 4.43. The predicted molar refractivity (Wildman–Crippen MR) is 72.9 cm³/mol. The maximum atomic E-state index is 12.2. The summed E-state index contributed by atoms with van der Waals surface area (Å²) in [5.41, 5.74) is 1.50. The molecule has 3 rings (SSSR count). The summed E-state index contributed by atoms with van der Waals surface area (Å²) in [6.07, 6.45) is 2.82. The number of hydrogen-bond donors (Lipinski definition) is 0. The van der Waals surface area contributed by atoms with Gasteiger partial charge in [-0.15, -0.1) is 0 Å². The number of carbonyl (C=O) groups excluding carboxylic acids is 2. The molecule has 98 valence electrons. The molecule has 0 spiro atoms. The van der Waals surface area contributed by atoms with Crippen LogP contribution < -0.4 is 0 Å². The van der Waals surface area contributed by atoms with Crippen molar-refractivity contribution in [3.63, 3.8) is 0 Å². The van der Waals surface area contributed by atoms with E-state index in [1.54, 1.807) is 0 Å². The Balaban J connectivity index is 1.90. The fourth-order valence-corrected chi connectivity index (χ4v) is 2.06. The molecule has 0 unspecified atom stereocenters. The zero-order valence-electron chi connectivity index (χ0n) is 10.6. The number of rotatable bonds is 2. The number of Topliss-reactive ketones (excluding diaryl/α,β-unsaturated/α-hetero) is 2. The van der Waals surface area contributed by atoms with Crippen LogP contribution in [0.15, 0.2) is 47.7 Å². The van der Waals surface area contributed by atoms with Crippen molar-refractivity contribution >= 4 is 17.3 Å². The minimum Gasteiger partial charge on any atom is -0.292 e. The van der Waals surface area contributed by atoms with E-state index < -0.39 is 0 Å². The zero-order valence-corrected chi connectivity index (χ0v) is 10.6. The Hall–Kier alpha value is -2.69. The third kappa shape index (κ3) is 2.25. The molecule has 0 bridgehead atoms. The highest BCUT2D eigenvalue weighted by Gasteiger charge is 2.31. The number of carbonyl (C=O) groups is 2. The second-order valence-electron chi connectivity index (χ2n) is 4.43. The number of aliphatic imine (C=N–C) groups is 1. The number of ketones is 2. The van der Waals surface area contributed by atoms with E-state index in [-0.39, 0.29) is 35.1 Å². The van der Waals surface area contributed by atoms with E-state index in [4.69, 9.17) is 0 Å². The maximum Gasteiger partial charge on any atom is 0.227 e. The molecule has 0 fully saturated rings. The second kappa shape index (κ2) is 5.13. The first kappa shape index (κ1) is 12.3. The maximum absolute atomic E-state index is 12.2. The lowest BCUT2D eigenvalue weighted by atomic mass is 9.96. The lowest BCUT2D eigenvalue weighted by molar-refractivity contribution is 0.0957. The molecule has 0 atom stereocenters. The number of aromatic nitrogens is 2. The van der Waals surface area contributed by atoms with Crippen molar-refractivity contribution in [2.45, 2.75) is 13.0 Å². The molecule has 1 heterocycles. The fraction of sp³-hybridized carbons (Fsp3) is 0.133. The highest BCUT2D eigenvalue weighted by Crippen LogP contribution is 2.16. The highest BCUT2D eigenvalue weighted by atomic mass is 16.1. The third-order valence-electron chi connectivity index (χ3n) is 3.06. The van der Waals surface area contributed by atoms with Gasteiger partial charge in [0.15, 0.2) is 5.78 Å². The van der Waals surface area contributed by atoms with Gasteiger partial charge in [-0.3, -0.25) is 14.6 Å². The molecule has 0 saturated carbocycles. The summed E-state index contributed by atoms with van der Waals surface area (Å²) < 4.78 is 0. The topological polar surface area (TPSA) is 72.3 Å². The lowest BCUT2D eigenvalue weighted by Gasteiger charge is -2.13. The SMILES string of the molecule is O=C1CC(=NCc2ccccc2)C(=O)c2nccnc21. The Labute approximate surface area is 115 Å². The Kier molecular flexibility index (Phi) is 3.16. The summed E-state index contributed by atoms with van der Waals surface area (Å²) in [6.45, 7) is 0.380. The van der Waals surface area contributed by atoms with Gasteiger partial charge in [0.2, 0.25) is 5.78 Å². The smallest absolute Gasteiger partial charge is 0.227 e. The van der Waals surface area contributed by atoms with E-state index in [0.717, 1.165) is 5.56 Å². The van der Waals surface area contributed by atoms with Gasteiger partial charge in [-0.05, 0) is 5.56 Å². The Morgan fingerprint density at radius 3 is 2.45 bits per heavy atom. The van der Waals surface area contributed by atoms with E-state index in [9.17, 15) is 9.59 Å². The van der Waals surface area contributed by atoms with Gasteiger partial charge in [0.05, 0.1) is 18.7 Å². The van der Waals surface area contributed by atoms with Crippen LogP contribution in [0, 0.1) is 0 Å². The average molecular weight is 265 g/mol. The summed E-state index contributed by atoms with van der Waals surface area (Å²) in [5, 5.41) is 0. The van der Waals surface area contributed by atoms with Crippen LogP contribution >= 0.6 is 0 Å². The van der Waals surface area contributed by atoms with Crippen molar-refractivity contribution in [3.05, 3.63) is 59.7 Å². The molecule has 20 heavy (non-hydrogen) atoms. The van der Waals surface area contributed by atoms with E-state index >= 15 is 0 Å². The van der Waals surface area contributed by atoms with Gasteiger partial charge in [0, 0.05) is 12.4 Å². The largest absolute Gasteiger partial charge is 0.292 e. The highest BCUT2D eigenvalue weighted by molar-refractivity contribution is 6.51. The van der Waals surface area contributed by atoms with Gasteiger partial charge in [0.25, 0.3) is 0 Å². The van der Waals surface area contributed by atoms with Crippen LogP contribution in [0.5, 0.6) is 0 Å². The molecule has 0 radical (unpaired) electrons. The van der Waals surface area contributed by atoms with Crippen molar-refractivity contribution in [1.82, 2.24) is 9.97 Å². The molecule has 5 heteroatoms. The van der Waals surface area contributed by atoms with E-state index in [0.29, 0.717) is 6.54 Å². The molecule has 0 aliphatic heterocycles. The molecule has 5 nitrogen and oxygen atoms in total. The van der Waals surface area contributed by atoms with E-state index in [1.807, 2.05) is 30.3 Å². The van der Waals surface area contributed by atoms with Gasteiger partial charge in [-0.1, -0.05) is 30.3 Å². The molecule has 1 aliphatic rings. The summed E-state index contributed by atoms with van der Waals surface area (Å²) in [4.78, 5) is 36.2. The van der Waals surface area contributed by atoms with Gasteiger partial charge in [0.1, 0.15) is 11.4 Å². The number of fused-ring (bicyclic) bond motifs is 1. The molecule has 0 amide bonds. The molecule has 1 aromatic heterocycles.